The van der Waals surface area contributed by atoms with Crippen molar-refractivity contribution in [1.82, 2.24) is 10.6 Å². The topological polar surface area (TPSA) is 120 Å². The predicted molar refractivity (Wildman–Crippen MR) is 115 cm³/mol. The summed E-state index contributed by atoms with van der Waals surface area (Å²) in [4.78, 5) is 35.5. The highest BCUT2D eigenvalue weighted by atomic mass is 16.5. The molecule has 0 saturated heterocycles. The predicted octanol–water partition coefficient (Wildman–Crippen LogP) is 1.70. The van der Waals surface area contributed by atoms with E-state index < -0.39 is 11.9 Å². The van der Waals surface area contributed by atoms with E-state index in [1.54, 1.807) is 12.1 Å². The maximum absolute atomic E-state index is 12.0. The van der Waals surface area contributed by atoms with Crippen LogP contribution in [0, 0.1) is 6.92 Å². The number of primary amides is 1. The van der Waals surface area contributed by atoms with Crippen LogP contribution in [0.3, 0.4) is 0 Å². The molecule has 8 heteroatoms. The number of carbonyl (C=O) groups is 3. The van der Waals surface area contributed by atoms with Crippen LogP contribution in [0.25, 0.3) is 0 Å². The van der Waals surface area contributed by atoms with Crippen LogP contribution in [0.4, 0.5) is 0 Å². The summed E-state index contributed by atoms with van der Waals surface area (Å²) in [6.45, 7) is 5.81. The Labute approximate surface area is 178 Å². The maximum atomic E-state index is 12.0. The van der Waals surface area contributed by atoms with Crippen molar-refractivity contribution in [1.29, 1.82) is 0 Å². The van der Waals surface area contributed by atoms with Crippen molar-refractivity contribution in [3.63, 3.8) is 0 Å². The quantitative estimate of drug-likeness (QED) is 0.351. The number of unbranched alkanes of at least 4 members (excludes halogenated alkanes) is 2. The first kappa shape index (κ1) is 25.6. The van der Waals surface area contributed by atoms with E-state index in [0.29, 0.717) is 51.2 Å². The van der Waals surface area contributed by atoms with Crippen molar-refractivity contribution in [2.45, 2.75) is 52.0 Å². The highest BCUT2D eigenvalue weighted by Crippen LogP contribution is 2.04. The highest BCUT2D eigenvalue weighted by Gasteiger charge is 2.17. The normalized spacial score (nSPS) is 11.7. The lowest BCUT2D eigenvalue weighted by molar-refractivity contribution is -0.130. The van der Waals surface area contributed by atoms with Crippen molar-refractivity contribution in [2.24, 2.45) is 5.73 Å². The lowest BCUT2D eigenvalue weighted by Crippen LogP contribution is -2.45. The number of aryl methyl sites for hydroxylation is 1. The fourth-order valence-corrected chi connectivity index (χ4v) is 2.64. The largest absolute Gasteiger partial charge is 0.379 e. The van der Waals surface area contributed by atoms with Gasteiger partial charge in [0.05, 0.1) is 13.2 Å². The molecule has 1 atom stereocenters. The average molecular weight is 422 g/mol. The number of amides is 3. The van der Waals surface area contributed by atoms with Crippen LogP contribution in [0.1, 0.15) is 54.9 Å². The van der Waals surface area contributed by atoms with Gasteiger partial charge in [0, 0.05) is 18.7 Å². The van der Waals surface area contributed by atoms with Gasteiger partial charge >= 0.3 is 0 Å². The summed E-state index contributed by atoms with van der Waals surface area (Å²) in [5, 5.41) is 5.43. The molecular formula is C22H35N3O5. The monoisotopic (exact) mass is 421 g/mol. The zero-order valence-electron chi connectivity index (χ0n) is 18.1. The number of nitrogens with one attached hydrogen (secondary N) is 2. The number of benzene rings is 1. The molecule has 0 aliphatic carbocycles. The van der Waals surface area contributed by atoms with Crippen LogP contribution >= 0.6 is 0 Å². The summed E-state index contributed by atoms with van der Waals surface area (Å²) < 4.78 is 10.6. The number of nitrogens with two attached hydrogens (primary N) is 1. The van der Waals surface area contributed by atoms with Crippen molar-refractivity contribution in [3.05, 3.63) is 35.4 Å². The van der Waals surface area contributed by atoms with E-state index in [1.807, 2.05) is 19.1 Å². The van der Waals surface area contributed by atoms with E-state index in [2.05, 4.69) is 17.6 Å². The minimum atomic E-state index is -0.755. The van der Waals surface area contributed by atoms with Gasteiger partial charge in [-0.25, -0.2) is 0 Å². The van der Waals surface area contributed by atoms with E-state index in [4.69, 9.17) is 15.2 Å². The third kappa shape index (κ3) is 11.5. The second kappa shape index (κ2) is 15.4. The minimum Gasteiger partial charge on any atom is -0.379 e. The lowest BCUT2D eigenvalue weighted by atomic mass is 10.1. The van der Waals surface area contributed by atoms with Crippen LogP contribution < -0.4 is 16.4 Å². The van der Waals surface area contributed by atoms with Crippen molar-refractivity contribution < 1.29 is 23.9 Å². The molecule has 8 nitrogen and oxygen atoms in total. The van der Waals surface area contributed by atoms with Crippen LogP contribution in [-0.2, 0) is 19.1 Å². The summed E-state index contributed by atoms with van der Waals surface area (Å²) in [6.07, 6.45) is 3.77. The number of hydrogen-bond donors (Lipinski definition) is 3. The van der Waals surface area contributed by atoms with Crippen LogP contribution in [0.2, 0.25) is 0 Å². The zero-order chi connectivity index (χ0) is 22.2. The molecule has 30 heavy (non-hydrogen) atoms. The molecule has 0 saturated carbocycles. The molecule has 168 valence electrons. The Morgan fingerprint density at radius 1 is 1.00 bits per heavy atom. The van der Waals surface area contributed by atoms with E-state index in [0.717, 1.165) is 18.4 Å². The smallest absolute Gasteiger partial charge is 0.251 e. The fourth-order valence-electron chi connectivity index (χ4n) is 2.64. The molecule has 0 fully saturated rings. The molecule has 0 aliphatic rings. The summed E-state index contributed by atoms with van der Waals surface area (Å²) in [5.74, 6) is -1.11. The number of ether oxygens (including phenoxy) is 2. The first-order valence-corrected chi connectivity index (χ1v) is 10.5. The van der Waals surface area contributed by atoms with Gasteiger partial charge in [-0.3, -0.25) is 14.4 Å². The van der Waals surface area contributed by atoms with Gasteiger partial charge in [0.25, 0.3) is 5.91 Å². The molecule has 3 amide bonds. The van der Waals surface area contributed by atoms with Gasteiger partial charge in [-0.15, -0.1) is 0 Å². The molecule has 0 radical (unpaired) electrons. The van der Waals surface area contributed by atoms with Gasteiger partial charge in [-0.2, -0.15) is 0 Å². The van der Waals surface area contributed by atoms with E-state index >= 15 is 0 Å². The molecule has 0 aromatic heterocycles. The third-order valence-corrected chi connectivity index (χ3v) is 4.44. The Morgan fingerprint density at radius 2 is 1.70 bits per heavy atom. The Bertz CT molecular complexity index is 649. The SMILES string of the molecule is CCCCOCCOCC(=O)N[C@@H](CCCCNC(=O)c1ccc(C)cc1)C(N)=O. The van der Waals surface area contributed by atoms with Crippen molar-refractivity contribution in [2.75, 3.05) is 33.0 Å². The zero-order valence-corrected chi connectivity index (χ0v) is 18.1. The van der Waals surface area contributed by atoms with Gasteiger partial charge in [0.1, 0.15) is 12.6 Å². The molecule has 1 aromatic rings. The Hall–Kier alpha value is -2.45. The summed E-state index contributed by atoms with van der Waals surface area (Å²) in [7, 11) is 0. The number of rotatable bonds is 16. The van der Waals surface area contributed by atoms with Crippen LogP contribution in [0.5, 0.6) is 0 Å². The minimum absolute atomic E-state index is 0.134. The molecule has 0 bridgehead atoms. The molecule has 0 unspecified atom stereocenters. The van der Waals surface area contributed by atoms with E-state index in [9.17, 15) is 14.4 Å². The fraction of sp³-hybridized carbons (Fsp3) is 0.591. The Morgan fingerprint density at radius 3 is 2.37 bits per heavy atom. The number of carbonyl (C=O) groups excluding carboxylic acids is 3. The molecule has 0 heterocycles. The Kier molecular flexibility index (Phi) is 13.1. The summed E-state index contributed by atoms with van der Waals surface area (Å²) in [6, 6.07) is 6.58. The first-order chi connectivity index (χ1) is 14.4. The van der Waals surface area contributed by atoms with Crippen LogP contribution in [-0.4, -0.2) is 56.7 Å². The van der Waals surface area contributed by atoms with Gasteiger partial charge in [-0.1, -0.05) is 31.0 Å². The standard InChI is InChI=1S/C22H35N3O5/c1-3-4-13-29-14-15-30-16-20(26)25-19(21(23)27)7-5-6-12-24-22(28)18-10-8-17(2)9-11-18/h8-11,19H,3-7,12-16H2,1-2H3,(H2,23,27)(H,24,28)(H,25,26)/t19-/m0/s1. The lowest BCUT2D eigenvalue weighted by Gasteiger charge is -2.15. The Balaban J connectivity index is 2.17. The van der Waals surface area contributed by atoms with E-state index in [1.165, 1.54) is 0 Å². The van der Waals surface area contributed by atoms with Crippen molar-refractivity contribution >= 4 is 17.7 Å². The number of hydrogen-bond acceptors (Lipinski definition) is 5. The molecular weight excluding hydrogens is 386 g/mol. The molecule has 0 spiro atoms. The van der Waals surface area contributed by atoms with Gasteiger partial charge in [0.2, 0.25) is 11.8 Å². The van der Waals surface area contributed by atoms with E-state index in [-0.39, 0.29) is 18.4 Å². The van der Waals surface area contributed by atoms with Gasteiger partial charge in [-0.05, 0) is 44.7 Å². The average Bonchev–Trinajstić information content (AvgIpc) is 2.72. The highest BCUT2D eigenvalue weighted by molar-refractivity contribution is 5.94. The molecule has 1 aromatic carbocycles. The maximum Gasteiger partial charge on any atom is 0.251 e. The van der Waals surface area contributed by atoms with Gasteiger partial charge in [0.15, 0.2) is 0 Å². The summed E-state index contributed by atoms with van der Waals surface area (Å²) >= 11 is 0. The molecule has 0 aliphatic heterocycles. The molecule has 4 N–H and O–H groups in total. The first-order valence-electron chi connectivity index (χ1n) is 10.5. The van der Waals surface area contributed by atoms with Crippen molar-refractivity contribution in [3.8, 4) is 0 Å². The summed E-state index contributed by atoms with van der Waals surface area (Å²) in [5.41, 5.74) is 7.08. The van der Waals surface area contributed by atoms with Crippen LogP contribution in [0.15, 0.2) is 24.3 Å². The molecule has 1 rings (SSSR count). The van der Waals surface area contributed by atoms with Gasteiger partial charge < -0.3 is 25.8 Å². The second-order valence-electron chi connectivity index (χ2n) is 7.16. The second-order valence-corrected chi connectivity index (χ2v) is 7.16. The third-order valence-electron chi connectivity index (χ3n) is 4.44.